The minimum absolute atomic E-state index is 0.0156. The number of ketones is 1. The number of rotatable bonds is 16. The summed E-state index contributed by atoms with van der Waals surface area (Å²) >= 11 is 0. The highest BCUT2D eigenvalue weighted by Crippen LogP contribution is 2.13. The van der Waals surface area contributed by atoms with E-state index >= 15 is 0 Å². The molecule has 0 saturated heterocycles. The molecular formula is C18H33O2. The molecule has 117 valence electrons. The molecular weight excluding hydrogens is 248 g/mol. The molecule has 0 heterocycles. The third-order valence-electron chi connectivity index (χ3n) is 3.83. The number of carbonyl (C=O) groups excluding carboxylic acids is 2. The normalized spacial score (nSPS) is 10.7. The van der Waals surface area contributed by atoms with Crippen LogP contribution in [0.3, 0.4) is 0 Å². The van der Waals surface area contributed by atoms with Crippen LogP contribution in [-0.4, -0.2) is 12.1 Å². The van der Waals surface area contributed by atoms with Crippen molar-refractivity contribution >= 4 is 12.1 Å². The van der Waals surface area contributed by atoms with Crippen molar-refractivity contribution < 1.29 is 9.59 Å². The highest BCUT2D eigenvalue weighted by molar-refractivity contribution is 5.89. The van der Waals surface area contributed by atoms with Crippen LogP contribution in [0, 0.1) is 0 Å². The molecule has 0 aliphatic carbocycles. The molecule has 20 heavy (non-hydrogen) atoms. The van der Waals surface area contributed by atoms with Gasteiger partial charge in [-0.3, -0.25) is 9.59 Å². The molecule has 0 aromatic heterocycles. The lowest BCUT2D eigenvalue weighted by Gasteiger charge is -2.02. The second-order valence-electron chi connectivity index (χ2n) is 5.85. The van der Waals surface area contributed by atoms with Crippen LogP contribution >= 0.6 is 0 Å². The fourth-order valence-electron chi connectivity index (χ4n) is 2.51. The summed E-state index contributed by atoms with van der Waals surface area (Å²) in [4.78, 5) is 21.1. The van der Waals surface area contributed by atoms with Crippen LogP contribution in [-0.2, 0) is 9.59 Å². The third kappa shape index (κ3) is 15.4. The van der Waals surface area contributed by atoms with E-state index in [4.69, 9.17) is 0 Å². The average molecular weight is 281 g/mol. The van der Waals surface area contributed by atoms with E-state index in [9.17, 15) is 9.59 Å². The van der Waals surface area contributed by atoms with E-state index < -0.39 is 0 Å². The summed E-state index contributed by atoms with van der Waals surface area (Å²) < 4.78 is 0. The predicted molar refractivity (Wildman–Crippen MR) is 85.6 cm³/mol. The van der Waals surface area contributed by atoms with Gasteiger partial charge in [0.15, 0.2) is 0 Å². The quantitative estimate of drug-likeness (QED) is 0.275. The van der Waals surface area contributed by atoms with Crippen LogP contribution in [0.15, 0.2) is 0 Å². The van der Waals surface area contributed by atoms with Crippen LogP contribution < -0.4 is 0 Å². The van der Waals surface area contributed by atoms with Gasteiger partial charge in [0, 0.05) is 6.42 Å². The Balaban J connectivity index is 3.02. The van der Waals surface area contributed by atoms with Crippen molar-refractivity contribution in [3.05, 3.63) is 0 Å². The maximum atomic E-state index is 11.1. The van der Waals surface area contributed by atoms with Gasteiger partial charge in [0.05, 0.1) is 6.42 Å². The SMILES string of the molecule is CCCCCCCCCCCCCCCC(=O)C[C]=O. The van der Waals surface area contributed by atoms with Gasteiger partial charge in [-0.1, -0.05) is 84.0 Å². The summed E-state index contributed by atoms with van der Waals surface area (Å²) in [5.74, 6) is 0.0445. The third-order valence-corrected chi connectivity index (χ3v) is 3.83. The van der Waals surface area contributed by atoms with E-state index in [2.05, 4.69) is 6.92 Å². The van der Waals surface area contributed by atoms with Crippen molar-refractivity contribution in [1.82, 2.24) is 0 Å². The van der Waals surface area contributed by atoms with Gasteiger partial charge < -0.3 is 0 Å². The molecule has 0 aliphatic heterocycles. The first-order valence-corrected chi connectivity index (χ1v) is 8.68. The summed E-state index contributed by atoms with van der Waals surface area (Å²) in [6, 6.07) is 0. The maximum absolute atomic E-state index is 11.1. The number of hydrogen-bond acceptors (Lipinski definition) is 2. The van der Waals surface area contributed by atoms with Crippen LogP contribution in [0.5, 0.6) is 0 Å². The molecule has 0 atom stereocenters. The van der Waals surface area contributed by atoms with Crippen molar-refractivity contribution in [3.8, 4) is 0 Å². The van der Waals surface area contributed by atoms with Crippen LogP contribution in [0.1, 0.15) is 103 Å². The molecule has 0 amide bonds. The van der Waals surface area contributed by atoms with E-state index in [1.54, 1.807) is 6.29 Å². The van der Waals surface area contributed by atoms with Gasteiger partial charge >= 0.3 is 0 Å². The fraction of sp³-hybridized carbons (Fsp3) is 0.889. The summed E-state index contributed by atoms with van der Waals surface area (Å²) in [6.45, 7) is 2.26. The molecule has 1 radical (unpaired) electrons. The molecule has 0 unspecified atom stereocenters. The van der Waals surface area contributed by atoms with E-state index in [0.717, 1.165) is 12.8 Å². The van der Waals surface area contributed by atoms with Crippen molar-refractivity contribution in [2.45, 2.75) is 103 Å². The maximum Gasteiger partial charge on any atom is 0.206 e. The molecule has 0 aromatic rings. The topological polar surface area (TPSA) is 34.1 Å². The number of Topliss-reactive ketones (excluding diaryl/α,β-unsaturated/α-hetero) is 1. The van der Waals surface area contributed by atoms with Crippen LogP contribution in [0.4, 0.5) is 0 Å². The Kier molecular flexibility index (Phi) is 15.9. The van der Waals surface area contributed by atoms with Gasteiger partial charge in [0.1, 0.15) is 5.78 Å². The smallest absolute Gasteiger partial charge is 0.206 e. The lowest BCUT2D eigenvalue weighted by atomic mass is 10.0. The Morgan fingerprint density at radius 1 is 0.700 bits per heavy atom. The second kappa shape index (κ2) is 16.4. The Hall–Kier alpha value is -0.660. The molecule has 0 saturated carbocycles. The predicted octanol–water partition coefficient (Wildman–Crippen LogP) is 5.54. The van der Waals surface area contributed by atoms with Gasteiger partial charge in [-0.05, 0) is 6.42 Å². The summed E-state index contributed by atoms with van der Waals surface area (Å²) in [5, 5.41) is 0. The Morgan fingerprint density at radius 2 is 1.10 bits per heavy atom. The Bertz CT molecular complexity index is 223. The molecule has 0 fully saturated rings. The van der Waals surface area contributed by atoms with Crippen LogP contribution in [0.2, 0.25) is 0 Å². The Labute approximate surface area is 125 Å². The zero-order valence-corrected chi connectivity index (χ0v) is 13.4. The largest absolute Gasteiger partial charge is 0.299 e. The lowest BCUT2D eigenvalue weighted by molar-refractivity contribution is -0.118. The van der Waals surface area contributed by atoms with Crippen molar-refractivity contribution in [2.75, 3.05) is 0 Å². The summed E-state index contributed by atoms with van der Waals surface area (Å²) in [5.41, 5.74) is 0. The van der Waals surface area contributed by atoms with Gasteiger partial charge in [-0.2, -0.15) is 0 Å². The fourth-order valence-corrected chi connectivity index (χ4v) is 2.51. The van der Waals surface area contributed by atoms with E-state index in [1.807, 2.05) is 0 Å². The molecule has 0 aromatic carbocycles. The van der Waals surface area contributed by atoms with E-state index in [0.29, 0.717) is 6.42 Å². The monoisotopic (exact) mass is 281 g/mol. The number of hydrogen-bond donors (Lipinski definition) is 0. The summed E-state index contributed by atoms with van der Waals surface area (Å²) in [7, 11) is 0. The molecule has 0 N–H and O–H groups in total. The number of carbonyl (C=O) groups is 1. The molecule has 0 spiro atoms. The highest BCUT2D eigenvalue weighted by Gasteiger charge is 2.00. The average Bonchev–Trinajstić information content (AvgIpc) is 2.44. The molecule has 2 nitrogen and oxygen atoms in total. The first kappa shape index (κ1) is 19.3. The Morgan fingerprint density at radius 3 is 1.50 bits per heavy atom. The van der Waals surface area contributed by atoms with Gasteiger partial charge in [-0.15, -0.1) is 0 Å². The van der Waals surface area contributed by atoms with Crippen LogP contribution in [0.25, 0.3) is 0 Å². The molecule has 2 heteroatoms. The first-order chi connectivity index (χ1) is 9.81. The molecule has 0 aliphatic rings. The molecule has 0 bridgehead atoms. The molecule has 0 rings (SSSR count). The van der Waals surface area contributed by atoms with E-state index in [-0.39, 0.29) is 12.2 Å². The minimum Gasteiger partial charge on any atom is -0.299 e. The van der Waals surface area contributed by atoms with Gasteiger partial charge in [0.2, 0.25) is 6.29 Å². The van der Waals surface area contributed by atoms with Crippen molar-refractivity contribution in [2.24, 2.45) is 0 Å². The zero-order chi connectivity index (χ0) is 14.9. The van der Waals surface area contributed by atoms with Gasteiger partial charge in [0.25, 0.3) is 0 Å². The second-order valence-corrected chi connectivity index (χ2v) is 5.85. The zero-order valence-electron chi connectivity index (χ0n) is 13.4. The lowest BCUT2D eigenvalue weighted by Crippen LogP contribution is -1.97. The van der Waals surface area contributed by atoms with Crippen molar-refractivity contribution in [3.63, 3.8) is 0 Å². The summed E-state index contributed by atoms with van der Waals surface area (Å²) in [6.07, 6.45) is 19.3. The highest BCUT2D eigenvalue weighted by atomic mass is 16.1. The number of unbranched alkanes of at least 4 members (excludes halogenated alkanes) is 12. The minimum atomic E-state index is -0.0156. The van der Waals surface area contributed by atoms with Crippen molar-refractivity contribution in [1.29, 1.82) is 0 Å². The first-order valence-electron chi connectivity index (χ1n) is 8.68. The van der Waals surface area contributed by atoms with E-state index in [1.165, 1.54) is 70.6 Å². The standard InChI is InChI=1S/C18H33O2/c1-2-3-4-5-6-7-8-9-10-11-12-13-14-15-18(20)16-17-19/h2-16H2,1H3. The van der Waals surface area contributed by atoms with Gasteiger partial charge in [-0.25, -0.2) is 0 Å².